The third-order valence-corrected chi connectivity index (χ3v) is 5.28. The number of fused-ring (bicyclic) bond motifs is 1. The van der Waals surface area contributed by atoms with E-state index in [0.717, 1.165) is 21.9 Å². The summed E-state index contributed by atoms with van der Waals surface area (Å²) in [4.78, 5) is 18.4. The van der Waals surface area contributed by atoms with E-state index in [2.05, 4.69) is 4.98 Å². The number of imidazole rings is 1. The highest BCUT2D eigenvalue weighted by Gasteiger charge is 2.21. The molecule has 0 spiro atoms. The van der Waals surface area contributed by atoms with Crippen LogP contribution in [0.3, 0.4) is 0 Å². The number of hydrogen-bond donors (Lipinski definition) is 0. The van der Waals surface area contributed by atoms with Gasteiger partial charge in [-0.3, -0.25) is 9.36 Å². The molecule has 3 rings (SSSR count). The van der Waals surface area contributed by atoms with Gasteiger partial charge in [-0.25, -0.2) is 4.98 Å². The topological polar surface area (TPSA) is 38.1 Å². The summed E-state index contributed by atoms with van der Waals surface area (Å²) >= 11 is 1.03. The number of amides is 1. The number of halogens is 2. The summed E-state index contributed by atoms with van der Waals surface area (Å²) in [6.45, 7) is -0.771. The van der Waals surface area contributed by atoms with Crippen LogP contribution >= 0.6 is 11.8 Å². The Hall–Kier alpha value is -2.41. The van der Waals surface area contributed by atoms with Crippen LogP contribution in [0.25, 0.3) is 11.0 Å². The highest BCUT2D eigenvalue weighted by Crippen LogP contribution is 2.29. The number of carbonyl (C=O) groups is 1. The zero-order chi connectivity index (χ0) is 18.7. The van der Waals surface area contributed by atoms with Crippen molar-refractivity contribution >= 4 is 28.7 Å². The second kappa shape index (κ2) is 7.86. The van der Waals surface area contributed by atoms with Crippen LogP contribution in [0.1, 0.15) is 25.1 Å². The molecule has 3 aromatic rings. The Bertz CT molecular complexity index is 898. The van der Waals surface area contributed by atoms with Gasteiger partial charge in [0, 0.05) is 7.05 Å². The lowest BCUT2D eigenvalue weighted by atomic mass is 10.1. The third kappa shape index (κ3) is 3.72. The number of aromatic nitrogens is 2. The molecule has 4 nitrogen and oxygen atoms in total. The number of thioether (sulfide) groups is 1. The maximum Gasteiger partial charge on any atom is 0.321 e. The molecule has 0 N–H and O–H groups in total. The van der Waals surface area contributed by atoms with E-state index in [1.54, 1.807) is 36.2 Å². The van der Waals surface area contributed by atoms with Crippen molar-refractivity contribution in [1.29, 1.82) is 0 Å². The maximum absolute atomic E-state index is 13.4. The molecule has 0 fully saturated rings. The maximum atomic E-state index is 13.4. The summed E-state index contributed by atoms with van der Waals surface area (Å²) in [5, 5.41) is 0.148. The quantitative estimate of drug-likeness (QED) is 0.584. The molecule has 0 saturated carbocycles. The fraction of sp³-hybridized carbons (Fsp3) is 0.263. The molecule has 7 heteroatoms. The van der Waals surface area contributed by atoms with E-state index in [1.807, 2.05) is 37.3 Å². The van der Waals surface area contributed by atoms with E-state index in [0.29, 0.717) is 11.0 Å². The average Bonchev–Trinajstić information content (AvgIpc) is 3.04. The van der Waals surface area contributed by atoms with Gasteiger partial charge in [0.05, 0.1) is 22.8 Å². The van der Waals surface area contributed by atoms with Crippen LogP contribution < -0.4 is 0 Å². The van der Waals surface area contributed by atoms with Gasteiger partial charge in [-0.2, -0.15) is 8.78 Å². The summed E-state index contributed by atoms with van der Waals surface area (Å²) < 4.78 is 27.7. The average molecular weight is 375 g/mol. The monoisotopic (exact) mass is 375 g/mol. The van der Waals surface area contributed by atoms with Gasteiger partial charge in [-0.05, 0) is 24.6 Å². The van der Waals surface area contributed by atoms with E-state index in [-0.39, 0.29) is 22.9 Å². The number of hydrogen-bond acceptors (Lipinski definition) is 3. The zero-order valence-corrected chi connectivity index (χ0v) is 15.3. The van der Waals surface area contributed by atoms with Gasteiger partial charge in [-0.15, -0.1) is 0 Å². The molecular formula is C19H19F2N3OS. The molecule has 1 amide bonds. The van der Waals surface area contributed by atoms with E-state index >= 15 is 0 Å². The summed E-state index contributed by atoms with van der Waals surface area (Å²) in [7, 11) is 1.72. The van der Waals surface area contributed by atoms with Crippen molar-refractivity contribution in [2.45, 2.75) is 24.7 Å². The van der Waals surface area contributed by atoms with E-state index in [1.165, 1.54) is 0 Å². The number of para-hydroxylation sites is 2. The summed E-state index contributed by atoms with van der Waals surface area (Å²) in [6.07, 6.45) is 0. The van der Waals surface area contributed by atoms with Crippen LogP contribution in [0.15, 0.2) is 59.8 Å². The first-order valence-corrected chi connectivity index (χ1v) is 9.16. The Morgan fingerprint density at radius 1 is 1.15 bits per heavy atom. The zero-order valence-electron chi connectivity index (χ0n) is 14.5. The molecule has 26 heavy (non-hydrogen) atoms. The van der Waals surface area contributed by atoms with Gasteiger partial charge in [-0.1, -0.05) is 54.2 Å². The summed E-state index contributed by atoms with van der Waals surface area (Å²) in [5.74, 6) is -0.0943. The Morgan fingerprint density at radius 3 is 2.50 bits per heavy atom. The number of carbonyl (C=O) groups excluding carboxylic acids is 1. The Morgan fingerprint density at radius 2 is 1.81 bits per heavy atom. The van der Waals surface area contributed by atoms with Crippen molar-refractivity contribution in [2.75, 3.05) is 12.8 Å². The van der Waals surface area contributed by atoms with E-state index in [9.17, 15) is 13.6 Å². The number of alkyl halides is 2. The van der Waals surface area contributed by atoms with Gasteiger partial charge in [0.25, 0.3) is 0 Å². The molecule has 2 aromatic carbocycles. The predicted molar refractivity (Wildman–Crippen MR) is 99.3 cm³/mol. The summed E-state index contributed by atoms with van der Waals surface area (Å²) in [6, 6.07) is 16.3. The van der Waals surface area contributed by atoms with Crippen LogP contribution in [0, 0.1) is 0 Å². The van der Waals surface area contributed by atoms with Crippen molar-refractivity contribution in [1.82, 2.24) is 14.5 Å². The number of rotatable bonds is 6. The van der Waals surface area contributed by atoms with Crippen molar-refractivity contribution in [2.24, 2.45) is 0 Å². The van der Waals surface area contributed by atoms with Crippen molar-refractivity contribution in [3.8, 4) is 0 Å². The first-order chi connectivity index (χ1) is 12.5. The highest BCUT2D eigenvalue weighted by atomic mass is 32.2. The van der Waals surface area contributed by atoms with Gasteiger partial charge in [0.2, 0.25) is 5.91 Å². The lowest BCUT2D eigenvalue weighted by Crippen LogP contribution is -2.31. The molecule has 0 radical (unpaired) electrons. The molecule has 136 valence electrons. The first-order valence-electron chi connectivity index (χ1n) is 8.17. The standard InChI is InChI=1S/C19H19F2N3OS/c1-13(14-8-4-3-5-9-14)23(2)17(25)12-26-19-22-15-10-6-7-11-16(15)24(19)18(20)21/h3-11,13,18H,12H2,1-2H3. The minimum Gasteiger partial charge on any atom is -0.338 e. The molecule has 1 aromatic heterocycles. The predicted octanol–water partition coefficient (Wildman–Crippen LogP) is 4.74. The molecule has 1 heterocycles. The largest absolute Gasteiger partial charge is 0.338 e. The number of benzene rings is 2. The number of nitrogens with zero attached hydrogens (tertiary/aromatic N) is 3. The molecule has 0 aliphatic heterocycles. The van der Waals surface area contributed by atoms with Crippen molar-refractivity contribution < 1.29 is 13.6 Å². The normalized spacial score (nSPS) is 12.5. The van der Waals surface area contributed by atoms with E-state index in [4.69, 9.17) is 0 Å². The lowest BCUT2D eigenvalue weighted by Gasteiger charge is -2.25. The third-order valence-electron chi connectivity index (χ3n) is 4.34. The highest BCUT2D eigenvalue weighted by molar-refractivity contribution is 7.99. The van der Waals surface area contributed by atoms with Crippen LogP contribution in [0.2, 0.25) is 0 Å². The molecule has 0 aliphatic rings. The smallest absolute Gasteiger partial charge is 0.321 e. The van der Waals surface area contributed by atoms with Crippen LogP contribution in [0.4, 0.5) is 8.78 Å². The van der Waals surface area contributed by atoms with E-state index < -0.39 is 6.55 Å². The minimum atomic E-state index is -2.71. The second-order valence-electron chi connectivity index (χ2n) is 5.91. The molecule has 1 unspecified atom stereocenters. The molecule has 1 atom stereocenters. The van der Waals surface area contributed by atoms with Crippen LogP contribution in [-0.2, 0) is 4.79 Å². The SMILES string of the molecule is CC(c1ccccc1)N(C)C(=O)CSc1nc2ccccc2n1C(F)F. The lowest BCUT2D eigenvalue weighted by molar-refractivity contribution is -0.128. The Balaban J connectivity index is 1.73. The molecular weight excluding hydrogens is 356 g/mol. The van der Waals surface area contributed by atoms with Gasteiger partial charge in [0.1, 0.15) is 0 Å². The molecule has 0 saturated heterocycles. The second-order valence-corrected chi connectivity index (χ2v) is 6.85. The van der Waals surface area contributed by atoms with Gasteiger partial charge >= 0.3 is 6.55 Å². The summed E-state index contributed by atoms with van der Waals surface area (Å²) in [5.41, 5.74) is 1.88. The Labute approximate surface area is 154 Å². The fourth-order valence-electron chi connectivity index (χ4n) is 2.71. The minimum absolute atomic E-state index is 0.0454. The van der Waals surface area contributed by atoms with Gasteiger partial charge < -0.3 is 4.90 Å². The molecule has 0 bridgehead atoms. The Kier molecular flexibility index (Phi) is 5.56. The van der Waals surface area contributed by atoms with Crippen LogP contribution in [0.5, 0.6) is 0 Å². The molecule has 0 aliphatic carbocycles. The first kappa shape index (κ1) is 18.4. The fourth-order valence-corrected chi connectivity index (χ4v) is 3.65. The van der Waals surface area contributed by atoms with Gasteiger partial charge in [0.15, 0.2) is 5.16 Å². The van der Waals surface area contributed by atoms with Crippen LogP contribution in [-0.4, -0.2) is 33.2 Å². The van der Waals surface area contributed by atoms with Crippen molar-refractivity contribution in [3.05, 3.63) is 60.2 Å². The van der Waals surface area contributed by atoms with Crippen molar-refractivity contribution in [3.63, 3.8) is 0 Å².